The monoisotopic (exact) mass is 356 g/mol. The van der Waals surface area contributed by atoms with E-state index in [1.807, 2.05) is 31.2 Å². The van der Waals surface area contributed by atoms with Crippen LogP contribution in [0.15, 0.2) is 36.4 Å². The molecule has 3 unspecified atom stereocenters. The van der Waals surface area contributed by atoms with Gasteiger partial charge in [-0.15, -0.1) is 0 Å². The smallest absolute Gasteiger partial charge is 0.247 e. The topological polar surface area (TPSA) is 88.4 Å². The standard InChI is InChI=1S/C19H21FN4O2/c1-10-5-6-14(20)13-8-16(23-18(10)13)19(25)22-12-4-2-3-11(7-12)15-9-17(21)26-24-15/h2-7,15-17,23-24H,8-9,21H2,1H3,(H,22,25). The van der Waals surface area contributed by atoms with E-state index in [4.69, 9.17) is 10.6 Å². The van der Waals surface area contributed by atoms with Gasteiger partial charge in [0.15, 0.2) is 0 Å². The van der Waals surface area contributed by atoms with Gasteiger partial charge >= 0.3 is 0 Å². The highest BCUT2D eigenvalue weighted by Crippen LogP contribution is 2.32. The first-order valence-corrected chi connectivity index (χ1v) is 8.63. The lowest BCUT2D eigenvalue weighted by Gasteiger charge is -2.14. The Bertz CT molecular complexity index is 826. The summed E-state index contributed by atoms with van der Waals surface area (Å²) in [5.74, 6) is -0.469. The van der Waals surface area contributed by atoms with Gasteiger partial charge in [0.05, 0.1) is 6.04 Å². The van der Waals surface area contributed by atoms with Gasteiger partial charge in [0.25, 0.3) is 0 Å². The van der Waals surface area contributed by atoms with E-state index < -0.39 is 6.04 Å². The van der Waals surface area contributed by atoms with Gasteiger partial charge in [-0.05, 0) is 36.2 Å². The number of hydroxylamine groups is 1. The Morgan fingerprint density at radius 1 is 1.35 bits per heavy atom. The highest BCUT2D eigenvalue weighted by atomic mass is 19.1. The Kier molecular flexibility index (Phi) is 4.36. The third-order valence-corrected chi connectivity index (χ3v) is 4.89. The molecule has 1 saturated heterocycles. The minimum absolute atomic E-state index is 0.00698. The Hall–Kier alpha value is -2.48. The molecule has 1 amide bonds. The zero-order chi connectivity index (χ0) is 18.3. The predicted octanol–water partition coefficient (Wildman–Crippen LogP) is 2.36. The summed E-state index contributed by atoms with van der Waals surface area (Å²) in [7, 11) is 0. The number of hydrogen-bond acceptors (Lipinski definition) is 5. The average molecular weight is 356 g/mol. The first kappa shape index (κ1) is 17.0. The number of nitrogens with two attached hydrogens (primary N) is 1. The molecule has 2 aromatic carbocycles. The number of amides is 1. The lowest BCUT2D eigenvalue weighted by atomic mass is 10.0. The van der Waals surface area contributed by atoms with Crippen molar-refractivity contribution in [1.29, 1.82) is 0 Å². The van der Waals surface area contributed by atoms with E-state index in [2.05, 4.69) is 16.1 Å². The second-order valence-electron chi connectivity index (χ2n) is 6.80. The van der Waals surface area contributed by atoms with E-state index in [0.29, 0.717) is 24.1 Å². The molecule has 2 heterocycles. The summed E-state index contributed by atoms with van der Waals surface area (Å²) in [5, 5.41) is 6.05. The van der Waals surface area contributed by atoms with Gasteiger partial charge in [0.1, 0.15) is 18.1 Å². The molecule has 2 aliphatic rings. The maximum Gasteiger partial charge on any atom is 0.247 e. The van der Waals surface area contributed by atoms with Gasteiger partial charge in [-0.1, -0.05) is 18.2 Å². The Balaban J connectivity index is 1.46. The van der Waals surface area contributed by atoms with Crippen LogP contribution in [0.5, 0.6) is 0 Å². The van der Waals surface area contributed by atoms with Crippen LogP contribution in [0.4, 0.5) is 15.8 Å². The van der Waals surface area contributed by atoms with Gasteiger partial charge < -0.3 is 16.4 Å². The van der Waals surface area contributed by atoms with E-state index in [0.717, 1.165) is 16.8 Å². The molecule has 5 N–H and O–H groups in total. The molecular weight excluding hydrogens is 335 g/mol. The van der Waals surface area contributed by atoms with E-state index in [-0.39, 0.29) is 24.0 Å². The van der Waals surface area contributed by atoms with Crippen LogP contribution in [0.25, 0.3) is 0 Å². The number of nitrogens with one attached hydrogen (secondary N) is 3. The van der Waals surface area contributed by atoms with Crippen LogP contribution in [0.2, 0.25) is 0 Å². The zero-order valence-corrected chi connectivity index (χ0v) is 14.4. The van der Waals surface area contributed by atoms with Crippen molar-refractivity contribution in [2.75, 3.05) is 10.6 Å². The quantitative estimate of drug-likeness (QED) is 0.678. The maximum atomic E-state index is 14.0. The molecule has 2 aromatic rings. The van der Waals surface area contributed by atoms with E-state index in [1.165, 1.54) is 6.07 Å². The van der Waals surface area contributed by atoms with Crippen molar-refractivity contribution in [3.05, 3.63) is 58.9 Å². The number of fused-ring (bicyclic) bond motifs is 1. The molecule has 0 aromatic heterocycles. The van der Waals surface area contributed by atoms with Gasteiger partial charge in [0.2, 0.25) is 5.91 Å². The lowest BCUT2D eigenvalue weighted by Crippen LogP contribution is -2.33. The number of carbonyl (C=O) groups excluding carboxylic acids is 1. The summed E-state index contributed by atoms with van der Waals surface area (Å²) in [6.45, 7) is 1.90. The van der Waals surface area contributed by atoms with Gasteiger partial charge in [-0.3, -0.25) is 9.63 Å². The normalized spacial score (nSPS) is 24.2. The summed E-state index contributed by atoms with van der Waals surface area (Å²) >= 11 is 0. The minimum Gasteiger partial charge on any atom is -0.373 e. The molecule has 3 atom stereocenters. The molecule has 0 bridgehead atoms. The van der Waals surface area contributed by atoms with Crippen molar-refractivity contribution in [3.63, 3.8) is 0 Å². The second-order valence-corrected chi connectivity index (χ2v) is 6.80. The molecule has 6 nitrogen and oxygen atoms in total. The molecule has 0 radical (unpaired) electrons. The zero-order valence-electron chi connectivity index (χ0n) is 14.4. The molecule has 4 rings (SSSR count). The predicted molar refractivity (Wildman–Crippen MR) is 96.9 cm³/mol. The Morgan fingerprint density at radius 3 is 2.92 bits per heavy atom. The third kappa shape index (κ3) is 3.16. The van der Waals surface area contributed by atoms with Crippen LogP contribution >= 0.6 is 0 Å². The fraction of sp³-hybridized carbons (Fsp3) is 0.316. The SMILES string of the molecule is Cc1ccc(F)c2c1NC(C(=O)Nc1cccc(C3CC(N)ON3)c1)C2. The Labute approximate surface area is 150 Å². The van der Waals surface area contributed by atoms with Gasteiger partial charge in [-0.25, -0.2) is 4.39 Å². The summed E-state index contributed by atoms with van der Waals surface area (Å²) in [6, 6.07) is 10.2. The van der Waals surface area contributed by atoms with Crippen molar-refractivity contribution in [2.45, 2.75) is 38.1 Å². The fourth-order valence-electron chi connectivity index (χ4n) is 3.49. The van der Waals surface area contributed by atoms with Crippen LogP contribution in [0.1, 0.15) is 29.2 Å². The second kappa shape index (κ2) is 6.68. The first-order valence-electron chi connectivity index (χ1n) is 8.63. The first-order chi connectivity index (χ1) is 12.5. The third-order valence-electron chi connectivity index (χ3n) is 4.89. The number of carbonyl (C=O) groups is 1. The molecule has 1 fully saturated rings. The van der Waals surface area contributed by atoms with Crippen LogP contribution in [-0.4, -0.2) is 18.2 Å². The Morgan fingerprint density at radius 2 is 2.19 bits per heavy atom. The van der Waals surface area contributed by atoms with Crippen LogP contribution in [0.3, 0.4) is 0 Å². The molecule has 0 spiro atoms. The van der Waals surface area contributed by atoms with Crippen molar-refractivity contribution >= 4 is 17.3 Å². The van der Waals surface area contributed by atoms with E-state index in [9.17, 15) is 9.18 Å². The highest BCUT2D eigenvalue weighted by molar-refractivity contribution is 5.98. The van der Waals surface area contributed by atoms with Crippen molar-refractivity contribution < 1.29 is 14.0 Å². The van der Waals surface area contributed by atoms with Gasteiger partial charge in [0, 0.05) is 29.8 Å². The molecule has 7 heteroatoms. The van der Waals surface area contributed by atoms with E-state index in [1.54, 1.807) is 6.07 Å². The van der Waals surface area contributed by atoms with Crippen LogP contribution < -0.4 is 21.8 Å². The maximum absolute atomic E-state index is 14.0. The number of aryl methyl sites for hydroxylation is 1. The molecule has 136 valence electrons. The van der Waals surface area contributed by atoms with Gasteiger partial charge in [-0.2, -0.15) is 5.48 Å². The van der Waals surface area contributed by atoms with Crippen LogP contribution in [-0.2, 0) is 16.1 Å². The average Bonchev–Trinajstić information content (AvgIpc) is 3.26. The molecule has 26 heavy (non-hydrogen) atoms. The number of rotatable bonds is 3. The van der Waals surface area contributed by atoms with Crippen molar-refractivity contribution in [2.24, 2.45) is 5.73 Å². The number of hydrogen-bond donors (Lipinski definition) is 4. The summed E-state index contributed by atoms with van der Waals surface area (Å²) < 4.78 is 14.0. The molecular formula is C19H21FN4O2. The number of anilines is 2. The molecule has 0 aliphatic carbocycles. The summed E-state index contributed by atoms with van der Waals surface area (Å²) in [5.41, 5.74) is 12.5. The molecule has 0 saturated carbocycles. The summed E-state index contributed by atoms with van der Waals surface area (Å²) in [6.07, 6.45) is 0.661. The van der Waals surface area contributed by atoms with Crippen LogP contribution in [0, 0.1) is 12.7 Å². The largest absolute Gasteiger partial charge is 0.373 e. The molecule has 2 aliphatic heterocycles. The minimum atomic E-state index is -0.495. The number of halogens is 1. The lowest BCUT2D eigenvalue weighted by molar-refractivity contribution is -0.116. The van der Waals surface area contributed by atoms with Crippen molar-refractivity contribution in [3.8, 4) is 0 Å². The van der Waals surface area contributed by atoms with Crippen molar-refractivity contribution in [1.82, 2.24) is 5.48 Å². The summed E-state index contributed by atoms with van der Waals surface area (Å²) in [4.78, 5) is 17.8. The fourth-order valence-corrected chi connectivity index (χ4v) is 3.49. The number of benzene rings is 2. The highest BCUT2D eigenvalue weighted by Gasteiger charge is 2.30. The van der Waals surface area contributed by atoms with E-state index >= 15 is 0 Å².